The number of hydrogen-bond donors (Lipinski definition) is 0. The minimum Gasteiger partial charge on any atom is -0.333 e. The Hall–Kier alpha value is -1.36. The number of rotatable bonds is 3. The van der Waals surface area contributed by atoms with Gasteiger partial charge in [0.2, 0.25) is 0 Å². The van der Waals surface area contributed by atoms with E-state index in [1.165, 1.54) is 25.9 Å². The van der Waals surface area contributed by atoms with Crippen molar-refractivity contribution in [1.29, 1.82) is 0 Å². The maximum absolute atomic E-state index is 12.8. The van der Waals surface area contributed by atoms with Crippen molar-refractivity contribution in [1.82, 2.24) is 19.6 Å². The van der Waals surface area contributed by atoms with Crippen LogP contribution >= 0.6 is 0 Å². The summed E-state index contributed by atoms with van der Waals surface area (Å²) >= 11 is 0. The van der Waals surface area contributed by atoms with Gasteiger partial charge in [-0.15, -0.1) is 0 Å². The van der Waals surface area contributed by atoms with Crippen molar-refractivity contribution >= 4 is 5.91 Å². The van der Waals surface area contributed by atoms with Crippen molar-refractivity contribution < 1.29 is 4.79 Å². The van der Waals surface area contributed by atoms with E-state index in [1.807, 2.05) is 21.8 Å². The molecule has 2 aliphatic heterocycles. The molecule has 1 unspecified atom stereocenters. The van der Waals surface area contributed by atoms with Crippen molar-refractivity contribution in [2.75, 3.05) is 26.2 Å². The van der Waals surface area contributed by atoms with Gasteiger partial charge < -0.3 is 9.80 Å². The van der Waals surface area contributed by atoms with Crippen LogP contribution in [0.3, 0.4) is 0 Å². The Morgan fingerprint density at radius 1 is 1.23 bits per heavy atom. The van der Waals surface area contributed by atoms with E-state index in [9.17, 15) is 4.79 Å². The number of carbonyl (C=O) groups is 1. The van der Waals surface area contributed by atoms with Crippen LogP contribution in [0.2, 0.25) is 0 Å². The lowest BCUT2D eigenvalue weighted by molar-refractivity contribution is 0.0701. The highest BCUT2D eigenvalue weighted by molar-refractivity contribution is 5.92. The normalized spacial score (nSPS) is 23.4. The Labute approximate surface area is 133 Å². The van der Waals surface area contributed by atoms with Gasteiger partial charge in [-0.25, -0.2) is 0 Å². The molecular weight excluding hydrogens is 276 g/mol. The summed E-state index contributed by atoms with van der Waals surface area (Å²) in [6.45, 7) is 10.6. The summed E-state index contributed by atoms with van der Waals surface area (Å²) in [5.41, 5.74) is 0.502. The standard InChI is InChI=1S/C17H28N4O/c1-17(2,3)21-12-8-15(18-21)16(22)20-11-6-7-14(20)13-19-9-4-5-10-19/h8,12,14H,4-7,9-11,13H2,1-3H3. The van der Waals surface area contributed by atoms with Gasteiger partial charge in [0.05, 0.1) is 5.54 Å². The topological polar surface area (TPSA) is 41.4 Å². The molecule has 22 heavy (non-hydrogen) atoms. The Bertz CT molecular complexity index is 525. The molecule has 1 aromatic rings. The molecule has 0 N–H and O–H groups in total. The number of carbonyl (C=O) groups excluding carboxylic acids is 1. The third-order valence-corrected chi connectivity index (χ3v) is 4.80. The van der Waals surface area contributed by atoms with Gasteiger partial charge in [-0.3, -0.25) is 9.48 Å². The minimum atomic E-state index is -0.0848. The first-order valence-electron chi connectivity index (χ1n) is 8.54. The number of aromatic nitrogens is 2. The van der Waals surface area contributed by atoms with E-state index >= 15 is 0 Å². The van der Waals surface area contributed by atoms with Crippen molar-refractivity contribution in [3.05, 3.63) is 18.0 Å². The highest BCUT2D eigenvalue weighted by Crippen LogP contribution is 2.23. The molecule has 3 rings (SSSR count). The molecule has 2 saturated heterocycles. The largest absolute Gasteiger partial charge is 0.333 e. The molecule has 0 aliphatic carbocycles. The molecule has 0 bridgehead atoms. The molecule has 1 atom stereocenters. The minimum absolute atomic E-state index is 0.0848. The lowest BCUT2D eigenvalue weighted by Gasteiger charge is -2.28. The zero-order valence-electron chi connectivity index (χ0n) is 14.1. The fourth-order valence-electron chi connectivity index (χ4n) is 3.51. The third-order valence-electron chi connectivity index (χ3n) is 4.80. The van der Waals surface area contributed by atoms with E-state index in [4.69, 9.17) is 0 Å². The summed E-state index contributed by atoms with van der Waals surface area (Å²) < 4.78 is 1.88. The molecule has 0 saturated carbocycles. The SMILES string of the molecule is CC(C)(C)n1ccc(C(=O)N2CCCC2CN2CCCC2)n1. The monoisotopic (exact) mass is 304 g/mol. The lowest BCUT2D eigenvalue weighted by Crippen LogP contribution is -2.42. The third kappa shape index (κ3) is 3.19. The van der Waals surface area contributed by atoms with Gasteiger partial charge in [-0.1, -0.05) is 0 Å². The second-order valence-electron chi connectivity index (χ2n) is 7.62. The summed E-state index contributed by atoms with van der Waals surface area (Å²) in [6, 6.07) is 2.23. The first-order valence-corrected chi connectivity index (χ1v) is 8.54. The molecule has 1 aromatic heterocycles. The van der Waals surface area contributed by atoms with Crippen LogP contribution in [0, 0.1) is 0 Å². The van der Waals surface area contributed by atoms with Crippen molar-refractivity contribution in [3.8, 4) is 0 Å². The summed E-state index contributed by atoms with van der Waals surface area (Å²) in [7, 11) is 0. The first kappa shape index (κ1) is 15.5. The van der Waals surface area contributed by atoms with Gasteiger partial charge in [0, 0.05) is 25.3 Å². The average Bonchev–Trinajstić information content (AvgIpc) is 3.19. The number of nitrogens with zero attached hydrogens (tertiary/aromatic N) is 4. The molecule has 5 heteroatoms. The quantitative estimate of drug-likeness (QED) is 0.860. The molecule has 3 heterocycles. The summed E-state index contributed by atoms with van der Waals surface area (Å²) in [6.07, 6.45) is 6.76. The van der Waals surface area contributed by atoms with Crippen LogP contribution in [-0.4, -0.2) is 57.7 Å². The zero-order chi connectivity index (χ0) is 15.7. The lowest BCUT2D eigenvalue weighted by atomic mass is 10.1. The van der Waals surface area contributed by atoms with Crippen molar-refractivity contribution in [2.24, 2.45) is 0 Å². The van der Waals surface area contributed by atoms with Crippen LogP contribution in [-0.2, 0) is 5.54 Å². The highest BCUT2D eigenvalue weighted by atomic mass is 16.2. The van der Waals surface area contributed by atoms with Crippen LogP contribution in [0.5, 0.6) is 0 Å². The van der Waals surface area contributed by atoms with Gasteiger partial charge in [-0.05, 0) is 65.6 Å². The van der Waals surface area contributed by atoms with Crippen LogP contribution in [0.1, 0.15) is 56.9 Å². The predicted octanol–water partition coefficient (Wildman–Crippen LogP) is 2.34. The number of likely N-dealkylation sites (tertiary alicyclic amines) is 2. The summed E-state index contributed by atoms with van der Waals surface area (Å²) in [4.78, 5) is 17.4. The highest BCUT2D eigenvalue weighted by Gasteiger charge is 2.32. The van der Waals surface area contributed by atoms with Gasteiger partial charge in [-0.2, -0.15) is 5.10 Å². The molecule has 2 fully saturated rings. The van der Waals surface area contributed by atoms with E-state index in [2.05, 4.69) is 30.8 Å². The van der Waals surface area contributed by atoms with Crippen molar-refractivity contribution in [2.45, 2.75) is 58.0 Å². The molecule has 2 aliphatic rings. The molecule has 122 valence electrons. The Balaban J connectivity index is 1.68. The van der Waals surface area contributed by atoms with Gasteiger partial charge >= 0.3 is 0 Å². The second kappa shape index (κ2) is 6.03. The van der Waals surface area contributed by atoms with E-state index < -0.39 is 0 Å². The molecule has 0 radical (unpaired) electrons. The van der Waals surface area contributed by atoms with Crippen LogP contribution < -0.4 is 0 Å². The van der Waals surface area contributed by atoms with E-state index in [-0.39, 0.29) is 11.4 Å². The average molecular weight is 304 g/mol. The van der Waals surface area contributed by atoms with E-state index in [0.29, 0.717) is 11.7 Å². The van der Waals surface area contributed by atoms with Crippen molar-refractivity contribution in [3.63, 3.8) is 0 Å². The van der Waals surface area contributed by atoms with Crippen LogP contribution in [0.4, 0.5) is 0 Å². The Morgan fingerprint density at radius 3 is 2.59 bits per heavy atom. The molecule has 0 spiro atoms. The second-order valence-corrected chi connectivity index (χ2v) is 7.62. The molecule has 1 amide bonds. The first-order chi connectivity index (χ1) is 10.4. The number of amides is 1. The van der Waals surface area contributed by atoms with E-state index in [1.54, 1.807) is 0 Å². The summed E-state index contributed by atoms with van der Waals surface area (Å²) in [5.74, 6) is 0.102. The fourth-order valence-corrected chi connectivity index (χ4v) is 3.51. The smallest absolute Gasteiger partial charge is 0.274 e. The fraction of sp³-hybridized carbons (Fsp3) is 0.765. The van der Waals surface area contributed by atoms with Gasteiger partial charge in [0.25, 0.3) is 5.91 Å². The maximum atomic E-state index is 12.8. The van der Waals surface area contributed by atoms with Crippen LogP contribution in [0.15, 0.2) is 12.3 Å². The number of hydrogen-bond acceptors (Lipinski definition) is 3. The van der Waals surface area contributed by atoms with Gasteiger partial charge in [0.1, 0.15) is 5.69 Å². The summed E-state index contributed by atoms with van der Waals surface area (Å²) in [5, 5.41) is 4.50. The molecule has 5 nitrogen and oxygen atoms in total. The van der Waals surface area contributed by atoms with E-state index in [0.717, 1.165) is 25.9 Å². The molecular formula is C17H28N4O. The van der Waals surface area contributed by atoms with Crippen LogP contribution in [0.25, 0.3) is 0 Å². The van der Waals surface area contributed by atoms with Gasteiger partial charge in [0.15, 0.2) is 0 Å². The predicted molar refractivity (Wildman–Crippen MR) is 87.0 cm³/mol. The Kier molecular flexibility index (Phi) is 4.26. The molecule has 0 aromatic carbocycles. The maximum Gasteiger partial charge on any atom is 0.274 e. The zero-order valence-corrected chi connectivity index (χ0v) is 14.1. The Morgan fingerprint density at radius 2 is 1.95 bits per heavy atom.